The number of hydrogen-bond donors (Lipinski definition) is 0. The van der Waals surface area contributed by atoms with E-state index in [9.17, 15) is 23.3 Å². The van der Waals surface area contributed by atoms with Gasteiger partial charge in [-0.2, -0.15) is 0 Å². The van der Waals surface area contributed by atoms with Gasteiger partial charge in [0.25, 0.3) is 5.69 Å². The van der Waals surface area contributed by atoms with Crippen molar-refractivity contribution in [2.24, 2.45) is 0 Å². The summed E-state index contributed by atoms with van der Waals surface area (Å²) in [6.45, 7) is 0. The first-order valence-corrected chi connectivity index (χ1v) is 5.86. The van der Waals surface area contributed by atoms with Crippen LogP contribution < -0.4 is 0 Å². The van der Waals surface area contributed by atoms with Crippen molar-refractivity contribution >= 4 is 17.4 Å². The van der Waals surface area contributed by atoms with Crippen LogP contribution in [-0.4, -0.2) is 4.92 Å². The third kappa shape index (κ3) is 3.05. The van der Waals surface area contributed by atoms with Gasteiger partial charge in [0.1, 0.15) is 17.5 Å². The van der Waals surface area contributed by atoms with Gasteiger partial charge in [0.05, 0.1) is 15.9 Å². The maximum atomic E-state index is 13.4. The van der Waals surface area contributed by atoms with Crippen LogP contribution in [0.4, 0.5) is 18.9 Å². The smallest absolute Gasteiger partial charge is 0.258 e. The molecule has 0 radical (unpaired) electrons. The molecule has 0 saturated carbocycles. The Labute approximate surface area is 110 Å². The monoisotopic (exact) mass is 285 g/mol. The van der Waals surface area contributed by atoms with E-state index in [1.807, 2.05) is 0 Å². The number of hydrogen-bond acceptors (Lipinski definition) is 3. The minimum absolute atomic E-state index is 0.0242. The fourth-order valence-electron chi connectivity index (χ4n) is 1.40. The normalized spacial score (nSPS) is 10.5. The molecule has 0 spiro atoms. The van der Waals surface area contributed by atoms with E-state index in [-0.39, 0.29) is 9.79 Å². The Morgan fingerprint density at radius 2 is 1.53 bits per heavy atom. The molecule has 7 heteroatoms. The fraction of sp³-hybridized carbons (Fsp3) is 0. The fourth-order valence-corrected chi connectivity index (χ4v) is 2.30. The molecule has 0 fully saturated rings. The summed E-state index contributed by atoms with van der Waals surface area (Å²) in [5, 5.41) is 10.8. The number of halogens is 3. The number of nitrogens with zero attached hydrogens (tertiary/aromatic N) is 1. The van der Waals surface area contributed by atoms with Crippen LogP contribution in [0.25, 0.3) is 0 Å². The van der Waals surface area contributed by atoms with Crippen molar-refractivity contribution in [2.75, 3.05) is 0 Å². The van der Waals surface area contributed by atoms with Crippen LogP contribution in [0.1, 0.15) is 0 Å². The highest BCUT2D eigenvalue weighted by Crippen LogP contribution is 2.36. The third-order valence-corrected chi connectivity index (χ3v) is 3.35. The minimum atomic E-state index is -0.830. The van der Waals surface area contributed by atoms with Gasteiger partial charge in [-0.3, -0.25) is 10.1 Å². The van der Waals surface area contributed by atoms with Gasteiger partial charge in [0, 0.05) is 11.0 Å². The maximum absolute atomic E-state index is 13.4. The second kappa shape index (κ2) is 5.31. The van der Waals surface area contributed by atoms with Gasteiger partial charge in [-0.15, -0.1) is 0 Å². The maximum Gasteiger partial charge on any atom is 0.286 e. The molecular formula is C12H6F3NO2S. The highest BCUT2D eigenvalue weighted by molar-refractivity contribution is 7.99. The van der Waals surface area contributed by atoms with Gasteiger partial charge >= 0.3 is 0 Å². The Morgan fingerprint density at radius 1 is 0.947 bits per heavy atom. The lowest BCUT2D eigenvalue weighted by molar-refractivity contribution is -0.387. The van der Waals surface area contributed by atoms with Gasteiger partial charge in [-0.1, -0.05) is 11.8 Å². The van der Waals surface area contributed by atoms with Gasteiger partial charge in [0.15, 0.2) is 0 Å². The molecule has 0 amide bonds. The quantitative estimate of drug-likeness (QED) is 0.628. The Hall–Kier alpha value is -2.02. The summed E-state index contributed by atoms with van der Waals surface area (Å²) in [6.07, 6.45) is 0. The lowest BCUT2D eigenvalue weighted by atomic mass is 10.3. The number of nitro groups is 1. The summed E-state index contributed by atoms with van der Waals surface area (Å²) in [5.74, 6) is -2.32. The molecule has 2 rings (SSSR count). The average molecular weight is 285 g/mol. The van der Waals surface area contributed by atoms with Crippen LogP contribution in [0.3, 0.4) is 0 Å². The summed E-state index contributed by atoms with van der Waals surface area (Å²) in [5.41, 5.74) is -0.464. The molecule has 0 unspecified atom stereocenters. The summed E-state index contributed by atoms with van der Waals surface area (Å²) >= 11 is 0.737. The Balaban J connectivity index is 2.40. The SMILES string of the molecule is O=[N+]([O-])c1cc(F)ccc1Sc1ccc(F)cc1F. The molecule has 0 bridgehead atoms. The molecule has 0 saturated heterocycles. The Morgan fingerprint density at radius 3 is 2.11 bits per heavy atom. The molecule has 2 aromatic rings. The van der Waals surface area contributed by atoms with E-state index in [4.69, 9.17) is 0 Å². The van der Waals surface area contributed by atoms with Crippen LogP contribution in [0.15, 0.2) is 46.2 Å². The van der Waals surface area contributed by atoms with E-state index in [0.717, 1.165) is 30.0 Å². The molecule has 0 N–H and O–H groups in total. The van der Waals surface area contributed by atoms with Gasteiger partial charge in [0.2, 0.25) is 0 Å². The molecular weight excluding hydrogens is 279 g/mol. The predicted octanol–water partition coefficient (Wildman–Crippen LogP) is 4.16. The zero-order chi connectivity index (χ0) is 14.0. The number of nitro benzene ring substituents is 1. The lowest BCUT2D eigenvalue weighted by Gasteiger charge is -2.04. The summed E-state index contributed by atoms with van der Waals surface area (Å²) < 4.78 is 39.1. The highest BCUT2D eigenvalue weighted by atomic mass is 32.2. The van der Waals surface area contributed by atoms with E-state index in [1.54, 1.807) is 0 Å². The zero-order valence-electron chi connectivity index (χ0n) is 9.27. The highest BCUT2D eigenvalue weighted by Gasteiger charge is 2.17. The molecule has 0 heterocycles. The molecule has 0 aliphatic rings. The first-order chi connectivity index (χ1) is 8.97. The molecule has 0 aliphatic heterocycles. The van der Waals surface area contributed by atoms with E-state index >= 15 is 0 Å². The lowest BCUT2D eigenvalue weighted by Crippen LogP contribution is -1.92. The number of rotatable bonds is 3. The number of benzene rings is 2. The van der Waals surface area contributed by atoms with Crippen LogP contribution >= 0.6 is 11.8 Å². The molecule has 3 nitrogen and oxygen atoms in total. The zero-order valence-corrected chi connectivity index (χ0v) is 10.1. The molecule has 98 valence electrons. The van der Waals surface area contributed by atoms with E-state index < -0.39 is 28.1 Å². The third-order valence-electron chi connectivity index (χ3n) is 2.23. The van der Waals surface area contributed by atoms with Crippen LogP contribution in [-0.2, 0) is 0 Å². The van der Waals surface area contributed by atoms with Crippen molar-refractivity contribution in [3.63, 3.8) is 0 Å². The summed E-state index contributed by atoms with van der Waals surface area (Å²) in [7, 11) is 0. The van der Waals surface area contributed by atoms with E-state index in [0.29, 0.717) is 6.07 Å². The van der Waals surface area contributed by atoms with Crippen molar-refractivity contribution in [3.8, 4) is 0 Å². The molecule has 0 aliphatic carbocycles. The van der Waals surface area contributed by atoms with E-state index in [2.05, 4.69) is 0 Å². The van der Waals surface area contributed by atoms with Crippen molar-refractivity contribution in [1.82, 2.24) is 0 Å². The first kappa shape index (κ1) is 13.4. The van der Waals surface area contributed by atoms with Crippen molar-refractivity contribution in [2.45, 2.75) is 9.79 Å². The predicted molar refractivity (Wildman–Crippen MR) is 63.5 cm³/mol. The summed E-state index contributed by atoms with van der Waals surface area (Å²) in [6, 6.07) is 5.86. The second-order valence-corrected chi connectivity index (χ2v) is 4.63. The van der Waals surface area contributed by atoms with Gasteiger partial charge in [-0.05, 0) is 24.3 Å². The van der Waals surface area contributed by atoms with Crippen molar-refractivity contribution in [1.29, 1.82) is 0 Å². The van der Waals surface area contributed by atoms with Gasteiger partial charge in [-0.25, -0.2) is 13.2 Å². The molecule has 19 heavy (non-hydrogen) atoms. The minimum Gasteiger partial charge on any atom is -0.258 e. The molecule has 0 aromatic heterocycles. The van der Waals surface area contributed by atoms with Crippen molar-refractivity contribution < 1.29 is 18.1 Å². The average Bonchev–Trinajstić information content (AvgIpc) is 2.34. The molecule has 2 aromatic carbocycles. The largest absolute Gasteiger partial charge is 0.286 e. The summed E-state index contributed by atoms with van der Waals surface area (Å²) in [4.78, 5) is 10.1. The Kier molecular flexibility index (Phi) is 3.75. The standard InChI is InChI=1S/C12H6F3NO2S/c13-7-1-3-11(9(15)5-7)19-12-4-2-8(14)6-10(12)16(17)18/h1-6H. The van der Waals surface area contributed by atoms with Crippen LogP contribution in [0, 0.1) is 27.6 Å². The Bertz CT molecular complexity index is 649. The first-order valence-electron chi connectivity index (χ1n) is 5.04. The van der Waals surface area contributed by atoms with Gasteiger partial charge < -0.3 is 0 Å². The topological polar surface area (TPSA) is 43.1 Å². The molecule has 0 atom stereocenters. The second-order valence-electron chi connectivity index (χ2n) is 3.55. The van der Waals surface area contributed by atoms with Crippen LogP contribution in [0.5, 0.6) is 0 Å². The van der Waals surface area contributed by atoms with E-state index in [1.165, 1.54) is 12.1 Å². The van der Waals surface area contributed by atoms with Crippen molar-refractivity contribution in [3.05, 3.63) is 64.0 Å². The van der Waals surface area contributed by atoms with Crippen LogP contribution in [0.2, 0.25) is 0 Å².